The van der Waals surface area contributed by atoms with E-state index in [9.17, 15) is 0 Å². The van der Waals surface area contributed by atoms with Crippen molar-refractivity contribution < 1.29 is 4.74 Å². The fraction of sp³-hybridized carbons (Fsp3) is 0. The summed E-state index contributed by atoms with van der Waals surface area (Å²) in [6.45, 7) is 0. The zero-order valence-electron chi connectivity index (χ0n) is 24.4. The first-order chi connectivity index (χ1) is 22.3. The van der Waals surface area contributed by atoms with Gasteiger partial charge >= 0.3 is 0 Å². The summed E-state index contributed by atoms with van der Waals surface area (Å²) in [5.41, 5.74) is 7.28. The summed E-state index contributed by atoms with van der Waals surface area (Å²) in [6, 6.07) is 57.5. The molecule has 45 heavy (non-hydrogen) atoms. The molecule has 0 radical (unpaired) electrons. The zero-order valence-corrected chi connectivity index (χ0v) is 24.4. The monoisotopic (exact) mass is 570 g/mol. The summed E-state index contributed by atoms with van der Waals surface area (Å²) >= 11 is 0. The molecule has 0 saturated carbocycles. The Morgan fingerprint density at radius 3 is 1.84 bits per heavy atom. The van der Waals surface area contributed by atoms with Crippen molar-refractivity contribution in [3.05, 3.63) is 158 Å². The SMILES string of the molecule is c1ccc2c(-c3c4cc(-c5ccc6c(c5)-c5cccc7cccc(c57)O6)ccc4cc4ccc5ccccc5c34)cccc2c1. The predicted molar refractivity (Wildman–Crippen MR) is 190 cm³/mol. The first-order valence-electron chi connectivity index (χ1n) is 15.5. The number of rotatable bonds is 2. The molecule has 1 heterocycles. The van der Waals surface area contributed by atoms with E-state index in [0.717, 1.165) is 17.1 Å². The third-order valence-electron chi connectivity index (χ3n) is 9.59. The lowest BCUT2D eigenvalue weighted by atomic mass is 9.86. The molecule has 0 amide bonds. The van der Waals surface area contributed by atoms with Gasteiger partial charge in [-0.2, -0.15) is 0 Å². The van der Waals surface area contributed by atoms with Gasteiger partial charge in [0.15, 0.2) is 0 Å². The molecule has 0 fully saturated rings. The molecule has 10 rings (SSSR count). The van der Waals surface area contributed by atoms with Crippen LogP contribution in [0.15, 0.2) is 158 Å². The second-order valence-electron chi connectivity index (χ2n) is 12.1. The van der Waals surface area contributed by atoms with Gasteiger partial charge in [-0.3, -0.25) is 0 Å². The van der Waals surface area contributed by atoms with Crippen LogP contribution >= 0.6 is 0 Å². The van der Waals surface area contributed by atoms with Gasteiger partial charge in [0.2, 0.25) is 0 Å². The molecule has 0 atom stereocenters. The summed E-state index contributed by atoms with van der Waals surface area (Å²) in [7, 11) is 0. The van der Waals surface area contributed by atoms with Gasteiger partial charge in [-0.25, -0.2) is 0 Å². The average molecular weight is 571 g/mol. The molecule has 0 N–H and O–H groups in total. The molecular weight excluding hydrogens is 544 g/mol. The lowest BCUT2D eigenvalue weighted by Crippen LogP contribution is -1.97. The molecular formula is C44H26O. The second kappa shape index (κ2) is 9.29. The molecule has 208 valence electrons. The predicted octanol–water partition coefficient (Wildman–Crippen LogP) is 12.6. The summed E-state index contributed by atoms with van der Waals surface area (Å²) in [4.78, 5) is 0. The molecule has 1 aliphatic rings. The molecule has 0 saturated heterocycles. The minimum atomic E-state index is 0.902. The largest absolute Gasteiger partial charge is 0.456 e. The average Bonchev–Trinajstić information content (AvgIpc) is 3.10. The van der Waals surface area contributed by atoms with E-state index in [-0.39, 0.29) is 0 Å². The number of hydrogen-bond donors (Lipinski definition) is 0. The maximum atomic E-state index is 6.42. The molecule has 0 spiro atoms. The van der Waals surface area contributed by atoms with E-state index in [0.29, 0.717) is 0 Å². The van der Waals surface area contributed by atoms with E-state index < -0.39 is 0 Å². The van der Waals surface area contributed by atoms with Crippen LogP contribution in [0.3, 0.4) is 0 Å². The van der Waals surface area contributed by atoms with E-state index >= 15 is 0 Å². The molecule has 1 nitrogen and oxygen atoms in total. The van der Waals surface area contributed by atoms with Gasteiger partial charge in [0, 0.05) is 10.9 Å². The van der Waals surface area contributed by atoms with Crippen molar-refractivity contribution in [2.45, 2.75) is 0 Å². The van der Waals surface area contributed by atoms with E-state index in [1.807, 2.05) is 0 Å². The quantitative estimate of drug-likeness (QED) is 0.148. The van der Waals surface area contributed by atoms with E-state index in [4.69, 9.17) is 4.74 Å². The lowest BCUT2D eigenvalue weighted by Gasteiger charge is -2.22. The van der Waals surface area contributed by atoms with Gasteiger partial charge < -0.3 is 4.74 Å². The molecule has 0 aromatic heterocycles. The van der Waals surface area contributed by atoms with E-state index in [1.165, 1.54) is 81.7 Å². The van der Waals surface area contributed by atoms with E-state index in [1.54, 1.807) is 0 Å². The maximum Gasteiger partial charge on any atom is 0.135 e. The highest BCUT2D eigenvalue weighted by molar-refractivity contribution is 6.24. The smallest absolute Gasteiger partial charge is 0.135 e. The van der Waals surface area contributed by atoms with Crippen molar-refractivity contribution in [2.24, 2.45) is 0 Å². The highest BCUT2D eigenvalue weighted by Gasteiger charge is 2.21. The fourth-order valence-electron chi connectivity index (χ4n) is 7.53. The Balaban J connectivity index is 1.27. The maximum absolute atomic E-state index is 6.42. The summed E-state index contributed by atoms with van der Waals surface area (Å²) in [6.07, 6.45) is 0. The highest BCUT2D eigenvalue weighted by Crippen LogP contribution is 2.48. The minimum absolute atomic E-state index is 0.902. The van der Waals surface area contributed by atoms with Crippen LogP contribution in [0.4, 0.5) is 0 Å². The Morgan fingerprint density at radius 2 is 0.956 bits per heavy atom. The topological polar surface area (TPSA) is 9.23 Å². The standard InChI is InChI=1S/C44H26O/c1-3-13-34-27(8-1)10-5-15-36(34)44-38-25-30(19-20-32(38)24-33-21-18-28-9-2-4-14-35(28)43(33)44)31-22-23-40-39(26-31)37-16-6-11-29-12-7-17-41(45-40)42(29)37/h1-26H. The molecule has 0 bridgehead atoms. The van der Waals surface area contributed by atoms with Crippen LogP contribution in [-0.2, 0) is 0 Å². The van der Waals surface area contributed by atoms with Crippen molar-refractivity contribution in [1.29, 1.82) is 0 Å². The van der Waals surface area contributed by atoms with Crippen molar-refractivity contribution in [3.8, 4) is 44.9 Å². The first kappa shape index (κ1) is 24.5. The van der Waals surface area contributed by atoms with Crippen LogP contribution in [0.5, 0.6) is 11.5 Å². The van der Waals surface area contributed by atoms with Gasteiger partial charge in [-0.15, -0.1) is 0 Å². The van der Waals surface area contributed by atoms with Gasteiger partial charge in [0.25, 0.3) is 0 Å². The minimum Gasteiger partial charge on any atom is -0.456 e. The Hall–Kier alpha value is -5.92. The van der Waals surface area contributed by atoms with Crippen LogP contribution in [0.25, 0.3) is 87.2 Å². The Morgan fingerprint density at radius 1 is 0.311 bits per heavy atom. The molecule has 0 aliphatic carbocycles. The Bertz CT molecular complexity index is 2670. The van der Waals surface area contributed by atoms with Crippen LogP contribution in [0, 0.1) is 0 Å². The number of fused-ring (bicyclic) bond motifs is 7. The Labute approximate surface area is 260 Å². The van der Waals surface area contributed by atoms with E-state index in [2.05, 4.69) is 158 Å². The summed E-state index contributed by atoms with van der Waals surface area (Å²) in [5.74, 6) is 1.83. The van der Waals surface area contributed by atoms with Gasteiger partial charge in [-0.1, -0.05) is 127 Å². The second-order valence-corrected chi connectivity index (χ2v) is 12.1. The number of benzene rings is 9. The molecule has 0 unspecified atom stereocenters. The van der Waals surface area contributed by atoms with Crippen molar-refractivity contribution in [3.63, 3.8) is 0 Å². The number of hydrogen-bond acceptors (Lipinski definition) is 1. The van der Waals surface area contributed by atoms with Gasteiger partial charge in [0.1, 0.15) is 11.5 Å². The normalized spacial score (nSPS) is 12.2. The molecule has 1 heteroatoms. The zero-order chi connectivity index (χ0) is 29.5. The first-order valence-corrected chi connectivity index (χ1v) is 15.5. The number of ether oxygens (including phenoxy) is 1. The lowest BCUT2D eigenvalue weighted by molar-refractivity contribution is 0.487. The van der Waals surface area contributed by atoms with Crippen molar-refractivity contribution in [2.75, 3.05) is 0 Å². The van der Waals surface area contributed by atoms with Crippen molar-refractivity contribution in [1.82, 2.24) is 0 Å². The Kier molecular flexibility index (Phi) is 5.06. The van der Waals surface area contributed by atoms with Gasteiger partial charge in [0.05, 0.1) is 0 Å². The third-order valence-corrected chi connectivity index (χ3v) is 9.59. The van der Waals surface area contributed by atoms with Crippen LogP contribution in [0.2, 0.25) is 0 Å². The molecule has 9 aromatic rings. The van der Waals surface area contributed by atoms with Crippen molar-refractivity contribution >= 4 is 53.9 Å². The van der Waals surface area contributed by atoms with Gasteiger partial charge in [-0.05, 0) is 107 Å². The molecule has 1 aliphatic heterocycles. The summed E-state index contributed by atoms with van der Waals surface area (Å²) < 4.78 is 6.42. The third kappa shape index (κ3) is 3.62. The van der Waals surface area contributed by atoms with Crippen LogP contribution in [0.1, 0.15) is 0 Å². The van der Waals surface area contributed by atoms with Crippen LogP contribution < -0.4 is 4.74 Å². The molecule has 9 aromatic carbocycles. The van der Waals surface area contributed by atoms with Crippen LogP contribution in [-0.4, -0.2) is 0 Å². The fourth-order valence-corrected chi connectivity index (χ4v) is 7.53. The summed E-state index contributed by atoms with van der Waals surface area (Å²) in [5, 5.41) is 12.5. The highest BCUT2D eigenvalue weighted by atomic mass is 16.5.